The summed E-state index contributed by atoms with van der Waals surface area (Å²) in [6, 6.07) is -0.132. The Hall–Kier alpha value is -0.570. The van der Waals surface area contributed by atoms with Crippen molar-refractivity contribution in [2.75, 3.05) is 6.54 Å². The van der Waals surface area contributed by atoms with Crippen molar-refractivity contribution in [2.24, 2.45) is 0 Å². The van der Waals surface area contributed by atoms with E-state index in [1.165, 1.54) is 0 Å². The van der Waals surface area contributed by atoms with E-state index in [0.29, 0.717) is 0 Å². The quantitative estimate of drug-likeness (QED) is 0.624. The van der Waals surface area contributed by atoms with Gasteiger partial charge in [0.25, 0.3) is 0 Å². The fraction of sp³-hybridized carbons (Fsp3) is 0.800. The van der Waals surface area contributed by atoms with Crippen molar-refractivity contribution in [3.63, 3.8) is 0 Å². The molecule has 0 amide bonds. The Balaban J connectivity index is 2.38. The summed E-state index contributed by atoms with van der Waals surface area (Å²) in [6.45, 7) is 6.54. The highest BCUT2D eigenvalue weighted by atomic mass is 16.6. The van der Waals surface area contributed by atoms with Gasteiger partial charge in [-0.3, -0.25) is 4.79 Å². The minimum atomic E-state index is -0.379. The molecule has 0 saturated carbocycles. The van der Waals surface area contributed by atoms with E-state index in [9.17, 15) is 4.79 Å². The number of esters is 1. The van der Waals surface area contributed by atoms with Gasteiger partial charge in [0.05, 0.1) is 0 Å². The summed E-state index contributed by atoms with van der Waals surface area (Å²) in [5, 5.41) is 3.14. The molecule has 1 radical (unpaired) electrons. The van der Waals surface area contributed by atoms with Gasteiger partial charge in [0.1, 0.15) is 11.6 Å². The molecule has 0 aromatic heterocycles. The van der Waals surface area contributed by atoms with Crippen molar-refractivity contribution in [3.8, 4) is 0 Å². The molecule has 1 rings (SSSR count). The first-order valence-corrected chi connectivity index (χ1v) is 4.77. The van der Waals surface area contributed by atoms with Crippen LogP contribution >= 0.6 is 0 Å². The summed E-state index contributed by atoms with van der Waals surface area (Å²) in [6.07, 6.45) is 3.96. The van der Waals surface area contributed by atoms with Crippen LogP contribution in [0.1, 0.15) is 33.6 Å². The predicted octanol–water partition coefficient (Wildman–Crippen LogP) is 1.28. The highest BCUT2D eigenvalue weighted by Crippen LogP contribution is 2.12. The normalized spacial score (nSPS) is 24.1. The van der Waals surface area contributed by atoms with E-state index in [4.69, 9.17) is 4.74 Å². The average molecular weight is 184 g/mol. The number of nitrogens with one attached hydrogen (secondary N) is 1. The molecule has 1 unspecified atom stereocenters. The number of hydrogen-bond donors (Lipinski definition) is 1. The van der Waals surface area contributed by atoms with Crippen LogP contribution in [0.2, 0.25) is 0 Å². The van der Waals surface area contributed by atoms with Gasteiger partial charge >= 0.3 is 5.97 Å². The van der Waals surface area contributed by atoms with Gasteiger partial charge in [-0.2, -0.15) is 0 Å². The lowest BCUT2D eigenvalue weighted by Crippen LogP contribution is -2.44. The molecule has 1 fully saturated rings. The second kappa shape index (κ2) is 4.09. The molecule has 0 bridgehead atoms. The number of piperidine rings is 1. The second-order valence-corrected chi connectivity index (χ2v) is 4.35. The van der Waals surface area contributed by atoms with Gasteiger partial charge in [-0.05, 0) is 46.6 Å². The van der Waals surface area contributed by atoms with Crippen LogP contribution in [0, 0.1) is 6.42 Å². The summed E-state index contributed by atoms with van der Waals surface area (Å²) in [5.41, 5.74) is -0.379. The molecule has 1 atom stereocenters. The zero-order valence-electron chi connectivity index (χ0n) is 8.59. The first-order valence-electron chi connectivity index (χ1n) is 4.77. The SMILES string of the molecule is CC(C)(C)OC(=O)C1C[CH]CCN1. The molecule has 1 aliphatic rings. The van der Waals surface area contributed by atoms with Crippen molar-refractivity contribution in [1.29, 1.82) is 0 Å². The lowest BCUT2D eigenvalue weighted by Gasteiger charge is -2.26. The maximum atomic E-state index is 11.5. The monoisotopic (exact) mass is 184 g/mol. The molecule has 3 nitrogen and oxygen atoms in total. The van der Waals surface area contributed by atoms with Crippen LogP contribution in [0.4, 0.5) is 0 Å². The number of rotatable bonds is 1. The zero-order valence-corrected chi connectivity index (χ0v) is 8.59. The summed E-state index contributed by atoms with van der Waals surface area (Å²) < 4.78 is 5.26. The Morgan fingerprint density at radius 2 is 2.23 bits per heavy atom. The molecular weight excluding hydrogens is 166 g/mol. The molecule has 1 N–H and O–H groups in total. The van der Waals surface area contributed by atoms with Crippen LogP contribution in [0.15, 0.2) is 0 Å². The van der Waals surface area contributed by atoms with Crippen molar-refractivity contribution in [1.82, 2.24) is 5.32 Å². The maximum absolute atomic E-state index is 11.5. The molecular formula is C10H18NO2. The molecule has 13 heavy (non-hydrogen) atoms. The van der Waals surface area contributed by atoms with Crippen LogP contribution in [-0.4, -0.2) is 24.2 Å². The molecule has 0 aromatic carbocycles. The van der Waals surface area contributed by atoms with E-state index < -0.39 is 0 Å². The van der Waals surface area contributed by atoms with Crippen LogP contribution in [-0.2, 0) is 9.53 Å². The highest BCUT2D eigenvalue weighted by molar-refractivity contribution is 5.76. The Morgan fingerprint density at radius 3 is 2.69 bits per heavy atom. The van der Waals surface area contributed by atoms with E-state index >= 15 is 0 Å². The van der Waals surface area contributed by atoms with Crippen molar-refractivity contribution in [2.45, 2.75) is 45.3 Å². The summed E-state index contributed by atoms with van der Waals surface area (Å²) in [4.78, 5) is 11.5. The smallest absolute Gasteiger partial charge is 0.323 e. The standard InChI is InChI=1S/C10H18NO2/c1-10(2,3)13-9(12)8-6-4-5-7-11-8/h4,8,11H,5-7H2,1-3H3. The average Bonchev–Trinajstić information content (AvgIpc) is 2.03. The van der Waals surface area contributed by atoms with E-state index in [-0.39, 0.29) is 17.6 Å². The first kappa shape index (κ1) is 10.5. The van der Waals surface area contributed by atoms with E-state index in [1.807, 2.05) is 20.8 Å². The number of ether oxygens (including phenoxy) is 1. The fourth-order valence-electron chi connectivity index (χ4n) is 1.28. The van der Waals surface area contributed by atoms with Crippen LogP contribution in [0.25, 0.3) is 0 Å². The van der Waals surface area contributed by atoms with Gasteiger partial charge in [-0.15, -0.1) is 0 Å². The largest absolute Gasteiger partial charge is 0.459 e. The van der Waals surface area contributed by atoms with Crippen molar-refractivity contribution >= 4 is 5.97 Å². The van der Waals surface area contributed by atoms with Crippen LogP contribution in [0.5, 0.6) is 0 Å². The summed E-state index contributed by atoms with van der Waals surface area (Å²) >= 11 is 0. The molecule has 0 aliphatic carbocycles. The lowest BCUT2D eigenvalue weighted by atomic mass is 10.0. The van der Waals surface area contributed by atoms with Crippen LogP contribution < -0.4 is 5.32 Å². The summed E-state index contributed by atoms with van der Waals surface area (Å²) in [5.74, 6) is -0.136. The Labute approximate surface area is 79.8 Å². The van der Waals surface area contributed by atoms with Gasteiger partial charge in [0.15, 0.2) is 0 Å². The number of hydrogen-bond acceptors (Lipinski definition) is 3. The number of carbonyl (C=O) groups is 1. The Bertz CT molecular complexity index is 178. The van der Waals surface area contributed by atoms with Gasteiger partial charge in [-0.1, -0.05) is 0 Å². The molecule has 1 heterocycles. The zero-order chi connectivity index (χ0) is 9.90. The third kappa shape index (κ3) is 3.77. The van der Waals surface area contributed by atoms with Gasteiger partial charge in [-0.25, -0.2) is 0 Å². The topological polar surface area (TPSA) is 38.3 Å². The van der Waals surface area contributed by atoms with Crippen molar-refractivity contribution in [3.05, 3.63) is 6.42 Å². The summed E-state index contributed by atoms with van der Waals surface area (Å²) in [7, 11) is 0. The van der Waals surface area contributed by atoms with Crippen LogP contribution in [0.3, 0.4) is 0 Å². The fourth-order valence-corrected chi connectivity index (χ4v) is 1.28. The van der Waals surface area contributed by atoms with E-state index in [2.05, 4.69) is 11.7 Å². The van der Waals surface area contributed by atoms with E-state index in [1.54, 1.807) is 0 Å². The molecule has 0 aromatic rings. The maximum Gasteiger partial charge on any atom is 0.323 e. The van der Waals surface area contributed by atoms with Gasteiger partial charge < -0.3 is 10.1 Å². The molecule has 0 spiro atoms. The second-order valence-electron chi connectivity index (χ2n) is 4.35. The first-order chi connectivity index (χ1) is 5.99. The minimum absolute atomic E-state index is 0.132. The lowest BCUT2D eigenvalue weighted by molar-refractivity contribution is -0.157. The van der Waals surface area contributed by atoms with Gasteiger partial charge in [0.2, 0.25) is 0 Å². The highest BCUT2D eigenvalue weighted by Gasteiger charge is 2.25. The Morgan fingerprint density at radius 1 is 1.54 bits per heavy atom. The molecule has 75 valence electrons. The van der Waals surface area contributed by atoms with Gasteiger partial charge in [0, 0.05) is 0 Å². The molecule has 3 heteroatoms. The predicted molar refractivity (Wildman–Crippen MR) is 51.2 cm³/mol. The third-order valence-corrected chi connectivity index (χ3v) is 1.83. The third-order valence-electron chi connectivity index (χ3n) is 1.83. The molecule has 1 saturated heterocycles. The number of carbonyl (C=O) groups excluding carboxylic acids is 1. The van der Waals surface area contributed by atoms with E-state index in [0.717, 1.165) is 19.4 Å². The molecule has 1 aliphatic heterocycles. The van der Waals surface area contributed by atoms with Crippen molar-refractivity contribution < 1.29 is 9.53 Å². The Kier molecular flexibility index (Phi) is 3.31. The minimum Gasteiger partial charge on any atom is -0.459 e.